The Labute approximate surface area is 105 Å². The predicted molar refractivity (Wildman–Crippen MR) is 63.1 cm³/mol. The van der Waals surface area contributed by atoms with Gasteiger partial charge in [-0.3, -0.25) is 4.84 Å². The molecule has 1 aromatic rings. The van der Waals surface area contributed by atoms with Crippen LogP contribution in [0.2, 0.25) is 5.02 Å². The fraction of sp³-hybridized carbons (Fsp3) is 0.500. The highest BCUT2D eigenvalue weighted by Gasteiger charge is 2.46. The second-order valence-electron chi connectivity index (χ2n) is 4.78. The van der Waals surface area contributed by atoms with E-state index >= 15 is 0 Å². The van der Waals surface area contributed by atoms with Gasteiger partial charge in [-0.25, -0.2) is 5.90 Å². The van der Waals surface area contributed by atoms with Crippen molar-refractivity contribution in [1.29, 1.82) is 0 Å². The van der Waals surface area contributed by atoms with Crippen LogP contribution >= 0.6 is 11.6 Å². The second-order valence-corrected chi connectivity index (χ2v) is 5.19. The van der Waals surface area contributed by atoms with Crippen molar-refractivity contribution in [2.45, 2.75) is 19.4 Å². The van der Waals surface area contributed by atoms with Gasteiger partial charge in [0.1, 0.15) is 0 Å². The van der Waals surface area contributed by atoms with E-state index in [-0.39, 0.29) is 12.0 Å². The van der Waals surface area contributed by atoms with E-state index in [1.54, 1.807) is 6.07 Å². The maximum absolute atomic E-state index is 6.11. The highest BCUT2D eigenvalue weighted by atomic mass is 35.5. The maximum atomic E-state index is 6.11. The summed E-state index contributed by atoms with van der Waals surface area (Å²) in [5, 5.41) is 0.588. The molecule has 92 valence electrons. The minimum absolute atomic E-state index is 0.232. The van der Waals surface area contributed by atoms with Gasteiger partial charge in [-0.05, 0) is 18.9 Å². The minimum atomic E-state index is 0.232. The van der Waals surface area contributed by atoms with E-state index in [0.29, 0.717) is 24.0 Å². The highest BCUT2D eigenvalue weighted by Crippen LogP contribution is 2.49. The Balaban J connectivity index is 1.90. The topological polar surface area (TPSA) is 53.7 Å². The standard InChI is InChI=1S/C12H14ClNO3/c13-9-4-11-10(3-8(9)5-17-14)15-6-12(1-2-12)7-16-11/h3-4H,1-2,5-7,14H2. The number of nitrogens with two attached hydrogens (primary N) is 1. The van der Waals surface area contributed by atoms with Gasteiger partial charge in [-0.1, -0.05) is 11.6 Å². The first kappa shape index (κ1) is 11.1. The lowest BCUT2D eigenvalue weighted by atomic mass is 10.1. The summed E-state index contributed by atoms with van der Waals surface area (Å²) in [7, 11) is 0. The van der Waals surface area contributed by atoms with Crippen molar-refractivity contribution < 1.29 is 14.3 Å². The molecular formula is C12H14ClNO3. The van der Waals surface area contributed by atoms with Gasteiger partial charge in [-0.15, -0.1) is 0 Å². The molecule has 3 rings (SSSR count). The third-order valence-corrected chi connectivity index (χ3v) is 3.73. The zero-order valence-corrected chi connectivity index (χ0v) is 10.1. The predicted octanol–water partition coefficient (Wildman–Crippen LogP) is 2.28. The molecular weight excluding hydrogens is 242 g/mol. The zero-order chi connectivity index (χ0) is 11.9. The number of rotatable bonds is 2. The Morgan fingerprint density at radius 1 is 1.24 bits per heavy atom. The summed E-state index contributed by atoms with van der Waals surface area (Å²) in [6, 6.07) is 3.61. The molecule has 5 heteroatoms. The molecule has 1 heterocycles. The molecule has 1 fully saturated rings. The van der Waals surface area contributed by atoms with Crippen molar-refractivity contribution in [3.05, 3.63) is 22.7 Å². The molecule has 2 N–H and O–H groups in total. The summed E-state index contributed by atoms with van der Waals surface area (Å²) in [6.45, 7) is 1.69. The molecule has 2 aliphatic rings. The number of halogens is 1. The van der Waals surface area contributed by atoms with E-state index in [1.807, 2.05) is 6.07 Å². The molecule has 1 aliphatic heterocycles. The van der Waals surface area contributed by atoms with Crippen LogP contribution in [0.25, 0.3) is 0 Å². The minimum Gasteiger partial charge on any atom is -0.489 e. The van der Waals surface area contributed by atoms with E-state index in [4.69, 9.17) is 27.0 Å². The van der Waals surface area contributed by atoms with Gasteiger partial charge in [0, 0.05) is 17.0 Å². The van der Waals surface area contributed by atoms with Crippen molar-refractivity contribution in [1.82, 2.24) is 0 Å². The smallest absolute Gasteiger partial charge is 0.162 e. The van der Waals surface area contributed by atoms with Crippen LogP contribution in [-0.2, 0) is 11.4 Å². The highest BCUT2D eigenvalue weighted by molar-refractivity contribution is 6.31. The Morgan fingerprint density at radius 2 is 1.88 bits per heavy atom. The molecule has 0 radical (unpaired) electrons. The molecule has 0 unspecified atom stereocenters. The molecule has 4 nitrogen and oxygen atoms in total. The van der Waals surface area contributed by atoms with E-state index in [0.717, 1.165) is 11.3 Å². The summed E-state index contributed by atoms with van der Waals surface area (Å²) >= 11 is 6.11. The van der Waals surface area contributed by atoms with Crippen LogP contribution in [0.5, 0.6) is 11.5 Å². The summed E-state index contributed by atoms with van der Waals surface area (Å²) in [6.07, 6.45) is 2.35. The van der Waals surface area contributed by atoms with E-state index < -0.39 is 0 Å². The van der Waals surface area contributed by atoms with E-state index in [1.165, 1.54) is 12.8 Å². The molecule has 1 aliphatic carbocycles. The molecule has 1 aromatic carbocycles. The normalized spacial score (nSPS) is 20.1. The number of fused-ring (bicyclic) bond motifs is 1. The third-order valence-electron chi connectivity index (χ3n) is 3.38. The second kappa shape index (κ2) is 4.05. The number of ether oxygens (including phenoxy) is 2. The van der Waals surface area contributed by atoms with Gasteiger partial charge in [-0.2, -0.15) is 0 Å². The Hall–Kier alpha value is -0.970. The Bertz CT molecular complexity index is 446. The molecule has 0 bridgehead atoms. The van der Waals surface area contributed by atoms with E-state index in [2.05, 4.69) is 4.84 Å². The SMILES string of the molecule is NOCc1cc2c(cc1Cl)OCC1(CC1)CO2. The first-order valence-electron chi connectivity index (χ1n) is 5.62. The van der Waals surface area contributed by atoms with Crippen LogP contribution in [0.1, 0.15) is 18.4 Å². The van der Waals surface area contributed by atoms with Crippen LogP contribution in [0.15, 0.2) is 12.1 Å². The average molecular weight is 256 g/mol. The molecule has 17 heavy (non-hydrogen) atoms. The molecule has 0 amide bonds. The molecule has 0 aromatic heterocycles. The lowest BCUT2D eigenvalue weighted by molar-refractivity contribution is 0.124. The Kier molecular flexibility index (Phi) is 2.65. The van der Waals surface area contributed by atoms with E-state index in [9.17, 15) is 0 Å². The first-order valence-corrected chi connectivity index (χ1v) is 6.00. The fourth-order valence-electron chi connectivity index (χ4n) is 1.97. The average Bonchev–Trinajstić information content (AvgIpc) is 3.10. The van der Waals surface area contributed by atoms with Crippen molar-refractivity contribution in [2.24, 2.45) is 11.3 Å². The molecule has 0 saturated heterocycles. The van der Waals surface area contributed by atoms with Gasteiger partial charge in [0.15, 0.2) is 11.5 Å². The molecule has 0 atom stereocenters. The quantitative estimate of drug-likeness (QED) is 0.824. The van der Waals surface area contributed by atoms with Crippen LogP contribution in [0, 0.1) is 5.41 Å². The first-order chi connectivity index (χ1) is 8.22. The van der Waals surface area contributed by atoms with Crippen LogP contribution in [-0.4, -0.2) is 13.2 Å². The van der Waals surface area contributed by atoms with Crippen molar-refractivity contribution in [3.8, 4) is 11.5 Å². The van der Waals surface area contributed by atoms with Crippen LogP contribution in [0.3, 0.4) is 0 Å². The third kappa shape index (κ3) is 2.08. The summed E-state index contributed by atoms with van der Waals surface area (Å²) in [4.78, 5) is 4.60. The van der Waals surface area contributed by atoms with Gasteiger partial charge < -0.3 is 9.47 Å². The zero-order valence-electron chi connectivity index (χ0n) is 9.37. The van der Waals surface area contributed by atoms with Crippen molar-refractivity contribution >= 4 is 11.6 Å². The lowest BCUT2D eigenvalue weighted by Crippen LogP contribution is -2.17. The summed E-state index contributed by atoms with van der Waals surface area (Å²) in [5.41, 5.74) is 1.04. The lowest BCUT2D eigenvalue weighted by Gasteiger charge is -2.10. The largest absolute Gasteiger partial charge is 0.489 e. The number of benzene rings is 1. The van der Waals surface area contributed by atoms with Crippen LogP contribution in [0.4, 0.5) is 0 Å². The Morgan fingerprint density at radius 3 is 2.47 bits per heavy atom. The van der Waals surface area contributed by atoms with Crippen molar-refractivity contribution in [3.63, 3.8) is 0 Å². The molecule has 1 saturated carbocycles. The number of hydrogen-bond acceptors (Lipinski definition) is 4. The van der Waals surface area contributed by atoms with Crippen LogP contribution < -0.4 is 15.4 Å². The van der Waals surface area contributed by atoms with Gasteiger partial charge >= 0.3 is 0 Å². The summed E-state index contributed by atoms with van der Waals surface area (Å²) < 4.78 is 11.5. The van der Waals surface area contributed by atoms with Gasteiger partial charge in [0.2, 0.25) is 0 Å². The number of hydrogen-bond donors (Lipinski definition) is 1. The van der Waals surface area contributed by atoms with Gasteiger partial charge in [0.05, 0.1) is 24.8 Å². The van der Waals surface area contributed by atoms with Crippen molar-refractivity contribution in [2.75, 3.05) is 13.2 Å². The summed E-state index contributed by atoms with van der Waals surface area (Å²) in [5.74, 6) is 6.49. The van der Waals surface area contributed by atoms with Gasteiger partial charge in [0.25, 0.3) is 0 Å². The monoisotopic (exact) mass is 255 g/mol. The maximum Gasteiger partial charge on any atom is 0.162 e. The fourth-order valence-corrected chi connectivity index (χ4v) is 2.18. The molecule has 1 spiro atoms.